The lowest BCUT2D eigenvalue weighted by Crippen LogP contribution is -2.49. The predicted molar refractivity (Wildman–Crippen MR) is 103 cm³/mol. The Balaban J connectivity index is 0.00000312. The van der Waals surface area contributed by atoms with E-state index in [9.17, 15) is 9.59 Å². The predicted octanol–water partition coefficient (Wildman–Crippen LogP) is 2.13. The fourth-order valence-corrected chi connectivity index (χ4v) is 3.08. The van der Waals surface area contributed by atoms with E-state index in [0.29, 0.717) is 19.5 Å². The van der Waals surface area contributed by atoms with Gasteiger partial charge in [0.25, 0.3) is 0 Å². The third kappa shape index (κ3) is 6.67. The smallest absolute Gasteiger partial charge is 0.239 e. The molecule has 2 amide bonds. The molecule has 0 radical (unpaired) electrons. The van der Waals surface area contributed by atoms with Crippen molar-refractivity contribution in [3.05, 3.63) is 35.9 Å². The number of nitrogens with two attached hydrogens (primary N) is 1. The number of unbranched alkanes of at least 4 members (excludes halogenated alkanes) is 1. The molecule has 1 aliphatic heterocycles. The first-order valence-electron chi connectivity index (χ1n) is 8.97. The molecule has 25 heavy (non-hydrogen) atoms. The van der Waals surface area contributed by atoms with Crippen LogP contribution < -0.4 is 11.1 Å². The zero-order valence-corrected chi connectivity index (χ0v) is 15.8. The van der Waals surface area contributed by atoms with Crippen LogP contribution in [0.4, 0.5) is 0 Å². The van der Waals surface area contributed by atoms with Crippen molar-refractivity contribution in [1.82, 2.24) is 10.2 Å². The molecule has 1 aliphatic rings. The fraction of sp³-hybridized carbons (Fsp3) is 0.579. The van der Waals surface area contributed by atoms with Crippen LogP contribution in [0.5, 0.6) is 0 Å². The highest BCUT2D eigenvalue weighted by Crippen LogP contribution is 2.18. The molecule has 0 spiro atoms. The SMILES string of the molecule is CCCCNC(=O)C1CCN(C(=O)C(N)Cc2ccccc2)CC1.Cl. The zero-order chi connectivity index (χ0) is 17.4. The van der Waals surface area contributed by atoms with Gasteiger partial charge in [-0.1, -0.05) is 43.7 Å². The molecule has 2 rings (SSSR count). The van der Waals surface area contributed by atoms with E-state index < -0.39 is 6.04 Å². The summed E-state index contributed by atoms with van der Waals surface area (Å²) in [5, 5.41) is 2.99. The number of halogens is 1. The van der Waals surface area contributed by atoms with Gasteiger partial charge in [-0.05, 0) is 31.2 Å². The summed E-state index contributed by atoms with van der Waals surface area (Å²) >= 11 is 0. The highest BCUT2D eigenvalue weighted by Gasteiger charge is 2.29. The van der Waals surface area contributed by atoms with Crippen molar-refractivity contribution in [1.29, 1.82) is 0 Å². The van der Waals surface area contributed by atoms with Gasteiger partial charge in [-0.2, -0.15) is 0 Å². The Kier molecular flexibility index (Phi) is 9.53. The number of carbonyl (C=O) groups excluding carboxylic acids is 2. The van der Waals surface area contributed by atoms with E-state index in [2.05, 4.69) is 12.2 Å². The Morgan fingerprint density at radius 3 is 2.48 bits per heavy atom. The molecule has 1 aromatic rings. The lowest BCUT2D eigenvalue weighted by molar-refractivity contribution is -0.136. The molecule has 0 saturated carbocycles. The topological polar surface area (TPSA) is 75.4 Å². The number of likely N-dealkylation sites (tertiary alicyclic amines) is 1. The van der Waals surface area contributed by atoms with Crippen molar-refractivity contribution in [3.8, 4) is 0 Å². The van der Waals surface area contributed by atoms with Crippen LogP contribution in [0.1, 0.15) is 38.2 Å². The molecule has 1 atom stereocenters. The average molecular weight is 368 g/mol. The molecule has 6 heteroatoms. The van der Waals surface area contributed by atoms with Gasteiger partial charge in [0.15, 0.2) is 0 Å². The van der Waals surface area contributed by atoms with Crippen molar-refractivity contribution in [2.75, 3.05) is 19.6 Å². The first-order valence-corrected chi connectivity index (χ1v) is 8.97. The molecule has 1 saturated heterocycles. The van der Waals surface area contributed by atoms with Gasteiger partial charge in [-0.15, -0.1) is 12.4 Å². The number of amides is 2. The maximum atomic E-state index is 12.5. The third-order valence-electron chi connectivity index (χ3n) is 4.62. The number of nitrogens with one attached hydrogen (secondary N) is 1. The molecule has 1 aromatic carbocycles. The minimum atomic E-state index is -0.512. The van der Waals surface area contributed by atoms with Gasteiger partial charge in [0, 0.05) is 25.6 Å². The van der Waals surface area contributed by atoms with Crippen LogP contribution in [-0.2, 0) is 16.0 Å². The number of rotatable bonds is 7. The second-order valence-electron chi connectivity index (χ2n) is 6.54. The van der Waals surface area contributed by atoms with Gasteiger partial charge < -0.3 is 16.0 Å². The molecule has 3 N–H and O–H groups in total. The summed E-state index contributed by atoms with van der Waals surface area (Å²) in [6.45, 7) is 4.09. The van der Waals surface area contributed by atoms with E-state index in [4.69, 9.17) is 5.73 Å². The number of hydrogen-bond donors (Lipinski definition) is 2. The number of nitrogens with zero attached hydrogens (tertiary/aromatic N) is 1. The molecule has 140 valence electrons. The van der Waals surface area contributed by atoms with E-state index in [1.165, 1.54) is 0 Å². The molecule has 1 fully saturated rings. The summed E-state index contributed by atoms with van der Waals surface area (Å²) in [7, 11) is 0. The van der Waals surface area contributed by atoms with Crippen LogP contribution in [0.15, 0.2) is 30.3 Å². The lowest BCUT2D eigenvalue weighted by atomic mass is 9.95. The molecular weight excluding hydrogens is 338 g/mol. The van der Waals surface area contributed by atoms with Crippen LogP contribution in [0.25, 0.3) is 0 Å². The van der Waals surface area contributed by atoms with Gasteiger partial charge in [-0.3, -0.25) is 9.59 Å². The Morgan fingerprint density at radius 1 is 1.24 bits per heavy atom. The van der Waals surface area contributed by atoms with Gasteiger partial charge >= 0.3 is 0 Å². The van der Waals surface area contributed by atoms with Crippen molar-refractivity contribution in [3.63, 3.8) is 0 Å². The Labute approximate surface area is 156 Å². The summed E-state index contributed by atoms with van der Waals surface area (Å²) in [5.74, 6) is 0.143. The number of benzene rings is 1. The highest BCUT2D eigenvalue weighted by molar-refractivity contribution is 5.85. The van der Waals surface area contributed by atoms with Crippen molar-refractivity contribution in [2.45, 2.75) is 45.1 Å². The fourth-order valence-electron chi connectivity index (χ4n) is 3.08. The molecular formula is C19H30ClN3O2. The summed E-state index contributed by atoms with van der Waals surface area (Å²) in [6, 6.07) is 9.32. The van der Waals surface area contributed by atoms with E-state index in [1.54, 1.807) is 0 Å². The summed E-state index contributed by atoms with van der Waals surface area (Å²) in [6.07, 6.45) is 4.09. The quantitative estimate of drug-likeness (QED) is 0.725. The van der Waals surface area contributed by atoms with E-state index in [-0.39, 0.29) is 30.1 Å². The number of hydrogen-bond acceptors (Lipinski definition) is 3. The van der Waals surface area contributed by atoms with E-state index in [1.807, 2.05) is 35.2 Å². The van der Waals surface area contributed by atoms with Gasteiger partial charge in [0.05, 0.1) is 6.04 Å². The maximum absolute atomic E-state index is 12.5. The first kappa shape index (κ1) is 21.5. The monoisotopic (exact) mass is 367 g/mol. The van der Waals surface area contributed by atoms with Crippen molar-refractivity contribution < 1.29 is 9.59 Å². The summed E-state index contributed by atoms with van der Waals surface area (Å²) in [5.41, 5.74) is 7.16. The van der Waals surface area contributed by atoms with Gasteiger partial charge in [-0.25, -0.2) is 0 Å². The molecule has 1 unspecified atom stereocenters. The van der Waals surface area contributed by atoms with Gasteiger partial charge in [0.2, 0.25) is 11.8 Å². The minimum Gasteiger partial charge on any atom is -0.356 e. The largest absolute Gasteiger partial charge is 0.356 e. The Bertz CT molecular complexity index is 531. The summed E-state index contributed by atoms with van der Waals surface area (Å²) in [4.78, 5) is 26.4. The highest BCUT2D eigenvalue weighted by atomic mass is 35.5. The molecule has 0 aliphatic carbocycles. The number of piperidine rings is 1. The van der Waals surface area contributed by atoms with Crippen LogP contribution in [0.2, 0.25) is 0 Å². The van der Waals surface area contributed by atoms with Crippen molar-refractivity contribution in [2.24, 2.45) is 11.7 Å². The molecule has 1 heterocycles. The Morgan fingerprint density at radius 2 is 1.88 bits per heavy atom. The average Bonchev–Trinajstić information content (AvgIpc) is 2.62. The van der Waals surface area contributed by atoms with Crippen LogP contribution in [0.3, 0.4) is 0 Å². The first-order chi connectivity index (χ1) is 11.6. The number of carbonyl (C=O) groups is 2. The second-order valence-corrected chi connectivity index (χ2v) is 6.54. The second kappa shape index (κ2) is 11.1. The van der Waals surface area contributed by atoms with Crippen LogP contribution in [0, 0.1) is 5.92 Å². The maximum Gasteiger partial charge on any atom is 0.239 e. The third-order valence-corrected chi connectivity index (χ3v) is 4.62. The van der Waals surface area contributed by atoms with Crippen molar-refractivity contribution >= 4 is 24.2 Å². The normalized spacial score (nSPS) is 16.0. The minimum absolute atomic E-state index is 0. The standard InChI is InChI=1S/C19H29N3O2.ClH/c1-2-3-11-21-18(23)16-9-12-22(13-10-16)19(24)17(20)14-15-7-5-4-6-8-15;/h4-8,16-17H,2-3,9-14,20H2,1H3,(H,21,23);1H. The zero-order valence-electron chi connectivity index (χ0n) is 14.9. The van der Waals surface area contributed by atoms with Crippen LogP contribution >= 0.6 is 12.4 Å². The summed E-state index contributed by atoms with van der Waals surface area (Å²) < 4.78 is 0. The molecule has 5 nitrogen and oxygen atoms in total. The molecule has 0 aromatic heterocycles. The van der Waals surface area contributed by atoms with Crippen LogP contribution in [-0.4, -0.2) is 42.4 Å². The van der Waals surface area contributed by atoms with Gasteiger partial charge in [0.1, 0.15) is 0 Å². The Hall–Kier alpha value is -1.59. The molecule has 0 bridgehead atoms. The van der Waals surface area contributed by atoms with E-state index in [0.717, 1.165) is 37.8 Å². The lowest BCUT2D eigenvalue weighted by Gasteiger charge is -2.33. The van der Waals surface area contributed by atoms with E-state index >= 15 is 0 Å².